The van der Waals surface area contributed by atoms with Crippen molar-refractivity contribution in [3.05, 3.63) is 33.1 Å². The van der Waals surface area contributed by atoms with E-state index in [4.69, 9.17) is 23.3 Å². The fourth-order valence-corrected chi connectivity index (χ4v) is 5.77. The summed E-state index contributed by atoms with van der Waals surface area (Å²) in [5, 5.41) is 23.7. The van der Waals surface area contributed by atoms with E-state index in [1.165, 1.54) is 6.92 Å². The third-order valence-electron chi connectivity index (χ3n) is 5.54. The maximum Gasteiger partial charge on any atom is 0.406 e. The highest BCUT2D eigenvalue weighted by Gasteiger charge is 2.57. The van der Waals surface area contributed by atoms with Crippen LogP contribution in [0.15, 0.2) is 21.9 Å². The van der Waals surface area contributed by atoms with Crippen molar-refractivity contribution in [3.8, 4) is 0 Å². The first-order chi connectivity index (χ1) is 18.4. The topological polar surface area (TPSA) is 205 Å². The molecule has 0 unspecified atom stereocenters. The normalized spacial score (nSPS) is 25.5. The lowest BCUT2D eigenvalue weighted by Gasteiger charge is -2.32. The number of nitrogens with zero attached hydrogens (tertiary/aromatic N) is 1. The van der Waals surface area contributed by atoms with E-state index in [-0.39, 0.29) is 17.5 Å². The molecule has 0 aromatic carbocycles. The molecule has 0 spiro atoms. The molecule has 228 valence electrons. The Kier molecular flexibility index (Phi) is 11.9. The van der Waals surface area contributed by atoms with Gasteiger partial charge in [-0.2, -0.15) is 0 Å². The first kappa shape index (κ1) is 34.3. The number of esters is 1. The maximum absolute atomic E-state index is 13.7. The van der Waals surface area contributed by atoms with Crippen molar-refractivity contribution < 1.29 is 47.6 Å². The molecule has 4 N–H and O–H groups in total. The molecule has 15 nitrogen and oxygen atoms in total. The van der Waals surface area contributed by atoms with Gasteiger partial charge in [-0.25, -0.2) is 14.4 Å². The Labute approximate surface area is 235 Å². The molecule has 1 aromatic rings. The summed E-state index contributed by atoms with van der Waals surface area (Å²) < 4.78 is 41.6. The number of aromatic nitrogens is 2. The Morgan fingerprint density at radius 2 is 1.90 bits per heavy atom. The molecule has 1 aromatic heterocycles. The number of aliphatic hydroxyl groups excluding tert-OH is 2. The van der Waals surface area contributed by atoms with Crippen LogP contribution in [0.2, 0.25) is 0 Å². The predicted octanol–water partition coefficient (Wildman–Crippen LogP) is 0.507. The summed E-state index contributed by atoms with van der Waals surface area (Å²) in [6.07, 6.45) is -4.47. The molecule has 1 saturated heterocycles. The molecule has 6 atom stereocenters. The quantitative estimate of drug-likeness (QED) is 0.136. The van der Waals surface area contributed by atoms with Crippen LogP contribution in [0.3, 0.4) is 0 Å². The van der Waals surface area contributed by atoms with E-state index in [2.05, 4.69) is 5.09 Å². The second kappa shape index (κ2) is 13.9. The van der Waals surface area contributed by atoms with E-state index >= 15 is 0 Å². The van der Waals surface area contributed by atoms with Gasteiger partial charge in [-0.05, 0) is 20.8 Å². The summed E-state index contributed by atoms with van der Waals surface area (Å²) in [7, 11) is -3.26. The Bertz CT molecular complexity index is 1200. The minimum atomic E-state index is -4.38. The average Bonchev–Trinajstić information content (AvgIpc) is 3.10. The third kappa shape index (κ3) is 8.81. The van der Waals surface area contributed by atoms with Crippen molar-refractivity contribution in [2.24, 2.45) is 5.41 Å². The molecule has 1 aliphatic heterocycles. The van der Waals surface area contributed by atoms with Gasteiger partial charge in [0.15, 0.2) is 11.3 Å². The number of ether oxygens (including phenoxy) is 3. The van der Waals surface area contributed by atoms with Crippen LogP contribution < -0.4 is 16.3 Å². The number of carbonyl (C=O) groups excluding carboxylic acids is 2. The van der Waals surface area contributed by atoms with Crippen molar-refractivity contribution in [1.29, 1.82) is 0 Å². The summed E-state index contributed by atoms with van der Waals surface area (Å²) in [6, 6.07) is -0.151. The van der Waals surface area contributed by atoms with Crippen molar-refractivity contribution >= 4 is 30.6 Å². The lowest BCUT2D eigenvalue weighted by atomic mass is 10.00. The molecule has 0 bridgehead atoms. The minimum absolute atomic E-state index is 0.112. The van der Waals surface area contributed by atoms with Crippen molar-refractivity contribution in [2.75, 3.05) is 26.1 Å². The van der Waals surface area contributed by atoms with Gasteiger partial charge < -0.3 is 24.4 Å². The van der Waals surface area contributed by atoms with Crippen LogP contribution in [0.4, 0.5) is 0 Å². The number of aromatic amines is 1. The number of aliphatic hydroxyl groups is 2. The van der Waals surface area contributed by atoms with Crippen LogP contribution >= 0.6 is 19.5 Å². The molecule has 0 amide bonds. The van der Waals surface area contributed by atoms with Gasteiger partial charge in [-0.3, -0.25) is 33.0 Å². The number of hydrogen-bond donors (Lipinski definition) is 4. The fourth-order valence-electron chi connectivity index (χ4n) is 3.38. The average molecular weight is 612 g/mol. The third-order valence-corrected chi connectivity index (χ3v) is 8.48. The molecule has 2 rings (SSSR count). The molecule has 1 aliphatic rings. The van der Waals surface area contributed by atoms with Crippen LogP contribution in [0.5, 0.6) is 0 Å². The Hall–Kier alpha value is -1.88. The van der Waals surface area contributed by atoms with Gasteiger partial charge in [0.25, 0.3) is 5.56 Å². The number of hydrogen-bond acceptors (Lipinski definition) is 13. The van der Waals surface area contributed by atoms with Crippen molar-refractivity contribution in [2.45, 2.75) is 77.9 Å². The van der Waals surface area contributed by atoms with Gasteiger partial charge in [0.2, 0.25) is 5.79 Å². The van der Waals surface area contributed by atoms with E-state index in [0.717, 1.165) is 35.7 Å². The van der Waals surface area contributed by atoms with Crippen molar-refractivity contribution in [1.82, 2.24) is 14.6 Å². The smallest absolute Gasteiger partial charge is 0.406 e. The molecule has 0 aliphatic carbocycles. The standard InChI is InChI=1S/C23H38N3O12PS/c1-13(2)37-19(30)14(3)25-39(33,35-10-11-40-20(31)22(4,5)6)36-12-23(34-7)17(29)16(28)18(38-23)26-9-8-15(27)24-21(26)32/h8-9,13-14,16-18,28-29H,10-12H2,1-7H3,(H,25,33)(H,24,27,32)/t14-,16-,17+,18-,23-,39+/m1/s1. The van der Waals surface area contributed by atoms with Crippen LogP contribution in [-0.2, 0) is 37.4 Å². The van der Waals surface area contributed by atoms with Gasteiger partial charge in [-0.15, -0.1) is 0 Å². The lowest BCUT2D eigenvalue weighted by molar-refractivity contribution is -0.267. The highest BCUT2D eigenvalue weighted by molar-refractivity contribution is 8.13. The largest absolute Gasteiger partial charge is 0.462 e. The van der Waals surface area contributed by atoms with Crippen LogP contribution in [0.25, 0.3) is 0 Å². The molecule has 1 fully saturated rings. The summed E-state index contributed by atoms with van der Waals surface area (Å²) in [5.74, 6) is -2.79. The van der Waals surface area contributed by atoms with Gasteiger partial charge in [0.1, 0.15) is 24.9 Å². The SMILES string of the molecule is CO[C@]1(CO[P@](=O)(N[C@H](C)C(=O)OC(C)C)OCCSC(=O)C(C)(C)C)O[C@@H](n2ccc(=O)[nH]c2=O)[C@H](O)[C@@H]1O. The van der Waals surface area contributed by atoms with E-state index in [1.807, 2.05) is 4.98 Å². The molecule has 0 saturated carbocycles. The first-order valence-corrected chi connectivity index (χ1v) is 14.9. The van der Waals surface area contributed by atoms with Gasteiger partial charge >= 0.3 is 19.4 Å². The van der Waals surface area contributed by atoms with Crippen LogP contribution in [0, 0.1) is 5.41 Å². The molecular weight excluding hydrogens is 573 g/mol. The van der Waals surface area contributed by atoms with E-state index < -0.39 is 73.4 Å². The molecule has 2 heterocycles. The maximum atomic E-state index is 13.7. The zero-order chi connectivity index (χ0) is 30.5. The highest BCUT2D eigenvalue weighted by Crippen LogP contribution is 2.48. The number of rotatable bonds is 13. The molecular formula is C23H38N3O12PS. The number of methoxy groups -OCH3 is 1. The van der Waals surface area contributed by atoms with E-state index in [9.17, 15) is 34.0 Å². The molecule has 40 heavy (non-hydrogen) atoms. The van der Waals surface area contributed by atoms with Crippen LogP contribution in [0.1, 0.15) is 47.8 Å². The number of nitrogens with one attached hydrogen (secondary N) is 2. The molecule has 0 radical (unpaired) electrons. The van der Waals surface area contributed by atoms with Crippen molar-refractivity contribution in [3.63, 3.8) is 0 Å². The summed E-state index contributed by atoms with van der Waals surface area (Å²) in [4.78, 5) is 50.2. The van der Waals surface area contributed by atoms with E-state index in [1.54, 1.807) is 34.6 Å². The van der Waals surface area contributed by atoms with Gasteiger partial charge in [0, 0.05) is 30.5 Å². The van der Waals surface area contributed by atoms with Crippen LogP contribution in [-0.4, -0.2) is 87.1 Å². The second-order valence-electron chi connectivity index (χ2n) is 10.3. The number of thioether (sulfide) groups is 1. The predicted molar refractivity (Wildman–Crippen MR) is 143 cm³/mol. The number of H-pyrrole nitrogens is 1. The lowest BCUT2D eigenvalue weighted by Crippen LogP contribution is -2.49. The Morgan fingerprint density at radius 3 is 2.45 bits per heavy atom. The summed E-state index contributed by atoms with van der Waals surface area (Å²) in [6.45, 7) is 8.86. The summed E-state index contributed by atoms with van der Waals surface area (Å²) >= 11 is 0.966. The zero-order valence-electron chi connectivity index (χ0n) is 23.4. The second-order valence-corrected chi connectivity index (χ2v) is 13.1. The van der Waals surface area contributed by atoms with Gasteiger partial charge in [-0.1, -0.05) is 32.5 Å². The zero-order valence-corrected chi connectivity index (χ0v) is 25.2. The Balaban J connectivity index is 2.24. The monoisotopic (exact) mass is 611 g/mol. The first-order valence-electron chi connectivity index (χ1n) is 12.4. The van der Waals surface area contributed by atoms with Gasteiger partial charge in [0.05, 0.1) is 12.7 Å². The highest BCUT2D eigenvalue weighted by atomic mass is 32.2. The van der Waals surface area contributed by atoms with E-state index in [0.29, 0.717) is 0 Å². The Morgan fingerprint density at radius 1 is 1.25 bits per heavy atom. The minimum Gasteiger partial charge on any atom is -0.462 e. The molecule has 17 heteroatoms. The summed E-state index contributed by atoms with van der Waals surface area (Å²) in [5.41, 5.74) is -2.22. The fraction of sp³-hybridized carbons (Fsp3) is 0.739. The number of carbonyl (C=O) groups is 2.